The largest absolute Gasteiger partial charge is 0.508 e. The highest BCUT2D eigenvalue weighted by Gasteiger charge is 2.18. The Morgan fingerprint density at radius 2 is 1.84 bits per heavy atom. The number of nitrogens with one attached hydrogen (secondary N) is 3. The van der Waals surface area contributed by atoms with Gasteiger partial charge in [-0.2, -0.15) is 0 Å². The second kappa shape index (κ2) is 9.91. The Morgan fingerprint density at radius 3 is 2.48 bits per heavy atom. The van der Waals surface area contributed by atoms with Crippen LogP contribution < -0.4 is 16.0 Å². The molecule has 0 aromatic heterocycles. The number of hydrogen-bond acceptors (Lipinski definition) is 3. The summed E-state index contributed by atoms with van der Waals surface area (Å²) in [6.45, 7) is 6.16. The fourth-order valence-corrected chi connectivity index (χ4v) is 2.97. The van der Waals surface area contributed by atoms with Crippen molar-refractivity contribution in [1.29, 1.82) is 0 Å². The Hall–Kier alpha value is -2.24. The van der Waals surface area contributed by atoms with Crippen molar-refractivity contribution in [3.63, 3.8) is 0 Å². The minimum absolute atomic E-state index is 0.152. The summed E-state index contributed by atoms with van der Waals surface area (Å²) in [4.78, 5) is 16.5. The molecule has 1 aromatic carbocycles. The van der Waals surface area contributed by atoms with Crippen LogP contribution in [-0.4, -0.2) is 42.6 Å². The maximum absolute atomic E-state index is 12.0. The lowest BCUT2D eigenvalue weighted by atomic mass is 9.87. The van der Waals surface area contributed by atoms with Crippen molar-refractivity contribution in [2.24, 2.45) is 10.9 Å². The number of phenolic OH excluding ortho intramolecular Hbond substituents is 1. The van der Waals surface area contributed by atoms with Crippen LogP contribution in [0.4, 0.5) is 0 Å². The van der Waals surface area contributed by atoms with Crippen molar-refractivity contribution in [3.05, 3.63) is 29.8 Å². The van der Waals surface area contributed by atoms with Crippen LogP contribution in [0.5, 0.6) is 5.75 Å². The molecule has 25 heavy (non-hydrogen) atoms. The van der Waals surface area contributed by atoms with Gasteiger partial charge in [0.05, 0.1) is 6.54 Å². The number of carbonyl (C=O) groups excluding carboxylic acids is 1. The second-order valence-electron chi connectivity index (χ2n) is 6.66. The lowest BCUT2D eigenvalue weighted by molar-refractivity contribution is 0.0955. The maximum Gasteiger partial charge on any atom is 0.251 e. The van der Waals surface area contributed by atoms with Gasteiger partial charge >= 0.3 is 0 Å². The van der Waals surface area contributed by atoms with Crippen molar-refractivity contribution in [2.75, 3.05) is 19.6 Å². The summed E-state index contributed by atoms with van der Waals surface area (Å²) >= 11 is 0. The van der Waals surface area contributed by atoms with Crippen molar-refractivity contribution in [3.8, 4) is 5.75 Å². The molecule has 0 radical (unpaired) electrons. The number of benzene rings is 1. The summed E-state index contributed by atoms with van der Waals surface area (Å²) in [6.07, 6.45) is 4.89. The number of amides is 1. The molecule has 6 heteroatoms. The molecule has 0 bridgehead atoms. The minimum Gasteiger partial charge on any atom is -0.508 e. The first-order valence-electron chi connectivity index (χ1n) is 9.20. The predicted molar refractivity (Wildman–Crippen MR) is 101 cm³/mol. The topological polar surface area (TPSA) is 85.8 Å². The van der Waals surface area contributed by atoms with Gasteiger partial charge in [0.1, 0.15) is 5.75 Å². The number of phenols is 1. The first kappa shape index (κ1) is 19.1. The monoisotopic (exact) mass is 346 g/mol. The molecule has 1 aromatic rings. The van der Waals surface area contributed by atoms with Crippen LogP contribution in [0.3, 0.4) is 0 Å². The molecule has 1 aliphatic rings. The molecule has 1 fully saturated rings. The molecule has 2 rings (SSSR count). The average molecular weight is 346 g/mol. The quantitative estimate of drug-likeness (QED) is 0.362. The third-order valence-corrected chi connectivity index (χ3v) is 4.50. The fraction of sp³-hybridized carbons (Fsp3) is 0.579. The van der Waals surface area contributed by atoms with E-state index >= 15 is 0 Å². The fourth-order valence-electron chi connectivity index (χ4n) is 2.97. The van der Waals surface area contributed by atoms with E-state index in [1.807, 2.05) is 6.92 Å². The molecule has 1 saturated carbocycles. The molecule has 138 valence electrons. The lowest BCUT2D eigenvalue weighted by Gasteiger charge is -2.28. The highest BCUT2D eigenvalue weighted by Crippen LogP contribution is 2.23. The van der Waals surface area contributed by atoms with Crippen molar-refractivity contribution in [1.82, 2.24) is 16.0 Å². The number of rotatable bonds is 6. The molecule has 0 aliphatic heterocycles. The van der Waals surface area contributed by atoms with E-state index in [4.69, 9.17) is 0 Å². The van der Waals surface area contributed by atoms with Crippen LogP contribution in [0, 0.1) is 5.92 Å². The molecule has 4 N–H and O–H groups in total. The molecular weight excluding hydrogens is 316 g/mol. The third kappa shape index (κ3) is 6.64. The zero-order valence-corrected chi connectivity index (χ0v) is 15.2. The zero-order valence-electron chi connectivity index (χ0n) is 15.2. The van der Waals surface area contributed by atoms with Crippen molar-refractivity contribution in [2.45, 2.75) is 45.6 Å². The van der Waals surface area contributed by atoms with E-state index in [9.17, 15) is 9.90 Å². The molecule has 0 unspecified atom stereocenters. The average Bonchev–Trinajstić information content (AvgIpc) is 2.61. The molecule has 1 aliphatic carbocycles. The van der Waals surface area contributed by atoms with Crippen LogP contribution >= 0.6 is 0 Å². The Morgan fingerprint density at radius 1 is 1.16 bits per heavy atom. The smallest absolute Gasteiger partial charge is 0.251 e. The number of guanidine groups is 1. The van der Waals surface area contributed by atoms with Crippen LogP contribution in [0.2, 0.25) is 0 Å². The minimum atomic E-state index is -0.158. The summed E-state index contributed by atoms with van der Waals surface area (Å²) in [7, 11) is 0. The highest BCUT2D eigenvalue weighted by molar-refractivity contribution is 5.94. The molecular formula is C19H30N4O2. The number of hydrogen-bond donors (Lipinski definition) is 4. The van der Waals surface area contributed by atoms with Gasteiger partial charge in [0.25, 0.3) is 5.91 Å². The van der Waals surface area contributed by atoms with Gasteiger partial charge in [0.2, 0.25) is 0 Å². The lowest BCUT2D eigenvalue weighted by Crippen LogP contribution is -2.45. The third-order valence-electron chi connectivity index (χ3n) is 4.50. The molecule has 0 saturated heterocycles. The Balaban J connectivity index is 1.76. The Kier molecular flexibility index (Phi) is 7.57. The number of nitrogens with zero attached hydrogens (tertiary/aromatic N) is 1. The van der Waals surface area contributed by atoms with E-state index in [-0.39, 0.29) is 11.7 Å². The number of aromatic hydroxyl groups is 1. The predicted octanol–water partition coefficient (Wildman–Crippen LogP) is 2.26. The van der Waals surface area contributed by atoms with Crippen LogP contribution in [0.25, 0.3) is 0 Å². The molecule has 0 spiro atoms. The SMILES string of the molecule is CCNC(=NCCNC(=O)c1ccc(O)cc1)NC1CCC(C)CC1. The Bertz CT molecular complexity index is 563. The molecule has 1 amide bonds. The molecule has 6 nitrogen and oxygen atoms in total. The van der Waals surface area contributed by atoms with E-state index < -0.39 is 0 Å². The van der Waals surface area contributed by atoms with E-state index in [0.29, 0.717) is 24.7 Å². The van der Waals surface area contributed by atoms with Crippen LogP contribution in [0.15, 0.2) is 29.3 Å². The van der Waals surface area contributed by atoms with Gasteiger partial charge in [0, 0.05) is 24.7 Å². The van der Waals surface area contributed by atoms with E-state index in [1.54, 1.807) is 12.1 Å². The first-order chi connectivity index (χ1) is 12.1. The summed E-state index contributed by atoms with van der Waals surface area (Å²) in [6, 6.07) is 6.70. The highest BCUT2D eigenvalue weighted by atomic mass is 16.3. The van der Waals surface area contributed by atoms with Crippen LogP contribution in [0.1, 0.15) is 49.9 Å². The zero-order chi connectivity index (χ0) is 18.1. The normalized spacial score (nSPS) is 20.8. The van der Waals surface area contributed by atoms with Crippen molar-refractivity contribution < 1.29 is 9.90 Å². The van der Waals surface area contributed by atoms with Gasteiger partial charge in [-0.05, 0) is 62.8 Å². The van der Waals surface area contributed by atoms with E-state index in [1.165, 1.54) is 37.8 Å². The van der Waals surface area contributed by atoms with Gasteiger partial charge in [-0.1, -0.05) is 6.92 Å². The van der Waals surface area contributed by atoms with Gasteiger partial charge in [-0.25, -0.2) is 0 Å². The second-order valence-corrected chi connectivity index (χ2v) is 6.66. The van der Waals surface area contributed by atoms with Gasteiger partial charge in [-0.3, -0.25) is 9.79 Å². The van der Waals surface area contributed by atoms with E-state index in [0.717, 1.165) is 18.4 Å². The Labute approximate surface area is 150 Å². The van der Waals surface area contributed by atoms with Crippen LogP contribution in [-0.2, 0) is 0 Å². The molecule has 0 atom stereocenters. The van der Waals surface area contributed by atoms with Gasteiger partial charge in [-0.15, -0.1) is 0 Å². The maximum atomic E-state index is 12.0. The molecule has 0 heterocycles. The number of aliphatic imine (C=N–C) groups is 1. The number of carbonyl (C=O) groups is 1. The first-order valence-corrected chi connectivity index (χ1v) is 9.20. The van der Waals surface area contributed by atoms with Gasteiger partial charge in [0.15, 0.2) is 5.96 Å². The van der Waals surface area contributed by atoms with E-state index in [2.05, 4.69) is 27.9 Å². The summed E-state index contributed by atoms with van der Waals surface area (Å²) < 4.78 is 0. The van der Waals surface area contributed by atoms with Gasteiger partial charge < -0.3 is 21.1 Å². The summed E-state index contributed by atoms with van der Waals surface area (Å²) in [5.41, 5.74) is 0.531. The summed E-state index contributed by atoms with van der Waals surface area (Å²) in [5.74, 6) is 1.64. The van der Waals surface area contributed by atoms with Crippen molar-refractivity contribution >= 4 is 11.9 Å². The summed E-state index contributed by atoms with van der Waals surface area (Å²) in [5, 5.41) is 18.9. The standard InChI is InChI=1S/C19H30N4O2/c1-3-20-19(23-16-8-4-14(2)5-9-16)22-13-12-21-18(25)15-6-10-17(24)11-7-15/h6-7,10-11,14,16,24H,3-5,8-9,12-13H2,1-2H3,(H,21,25)(H2,20,22,23).